The molecule has 2 aliphatic rings. The third-order valence-electron chi connectivity index (χ3n) is 5.55. The Morgan fingerprint density at radius 1 is 1.15 bits per heavy atom. The number of nitrogens with one attached hydrogen (secondary N) is 1. The Balaban J connectivity index is 0.00000261. The Labute approximate surface area is 168 Å². The molecule has 2 unspecified atom stereocenters. The Morgan fingerprint density at radius 3 is 2.63 bits per heavy atom. The maximum Gasteiger partial charge on any atom is 0.253 e. The number of hydrogen-bond acceptors (Lipinski definition) is 4. The summed E-state index contributed by atoms with van der Waals surface area (Å²) in [6, 6.07) is 6.83. The minimum absolute atomic E-state index is 0. The van der Waals surface area contributed by atoms with Crippen molar-refractivity contribution in [3.05, 3.63) is 29.8 Å². The van der Waals surface area contributed by atoms with E-state index in [1.54, 1.807) is 28.6 Å². The highest BCUT2D eigenvalue weighted by Gasteiger charge is 2.32. The van der Waals surface area contributed by atoms with Crippen LogP contribution in [0.3, 0.4) is 0 Å². The summed E-state index contributed by atoms with van der Waals surface area (Å²) >= 11 is 0. The Morgan fingerprint density at radius 2 is 1.93 bits per heavy atom. The van der Waals surface area contributed by atoms with Crippen molar-refractivity contribution in [2.24, 2.45) is 0 Å². The lowest BCUT2D eigenvalue weighted by molar-refractivity contribution is 0.0698. The zero-order valence-electron chi connectivity index (χ0n) is 16.1. The SMILES string of the molecule is CNC1CCCN(C(=O)c2cccc(S(=O)(=O)N3CCCCC3C)c2)C1.Cl. The molecule has 0 radical (unpaired) electrons. The zero-order valence-corrected chi connectivity index (χ0v) is 17.7. The summed E-state index contributed by atoms with van der Waals surface area (Å²) < 4.78 is 27.7. The summed E-state index contributed by atoms with van der Waals surface area (Å²) in [6.07, 6.45) is 4.85. The van der Waals surface area contributed by atoms with Gasteiger partial charge in [0.25, 0.3) is 5.91 Å². The average Bonchev–Trinajstić information content (AvgIpc) is 2.67. The van der Waals surface area contributed by atoms with Crippen molar-refractivity contribution in [3.8, 4) is 0 Å². The predicted octanol–water partition coefficient (Wildman–Crippen LogP) is 2.50. The fraction of sp³-hybridized carbons (Fsp3) is 0.632. The molecule has 2 atom stereocenters. The summed E-state index contributed by atoms with van der Waals surface area (Å²) in [5, 5.41) is 3.23. The molecule has 0 saturated carbocycles. The van der Waals surface area contributed by atoms with Crippen LogP contribution >= 0.6 is 12.4 Å². The van der Waals surface area contributed by atoms with Gasteiger partial charge in [0.15, 0.2) is 0 Å². The quantitative estimate of drug-likeness (QED) is 0.820. The van der Waals surface area contributed by atoms with Gasteiger partial charge in [-0.25, -0.2) is 8.42 Å². The molecule has 2 aliphatic heterocycles. The first-order valence-electron chi connectivity index (χ1n) is 9.52. The second kappa shape index (κ2) is 9.37. The topological polar surface area (TPSA) is 69.7 Å². The molecule has 2 saturated heterocycles. The smallest absolute Gasteiger partial charge is 0.253 e. The lowest BCUT2D eigenvalue weighted by Gasteiger charge is -2.33. The molecule has 2 heterocycles. The monoisotopic (exact) mass is 415 g/mol. The minimum Gasteiger partial charge on any atom is -0.337 e. The minimum atomic E-state index is -3.56. The number of carbonyl (C=O) groups is 1. The molecular formula is C19H30ClN3O3S. The molecule has 152 valence electrons. The van der Waals surface area contributed by atoms with Crippen molar-refractivity contribution < 1.29 is 13.2 Å². The highest BCUT2D eigenvalue weighted by molar-refractivity contribution is 7.89. The molecular weight excluding hydrogens is 386 g/mol. The van der Waals surface area contributed by atoms with Gasteiger partial charge in [-0.2, -0.15) is 4.31 Å². The van der Waals surface area contributed by atoms with Crippen molar-refractivity contribution in [2.75, 3.05) is 26.7 Å². The van der Waals surface area contributed by atoms with E-state index >= 15 is 0 Å². The number of carbonyl (C=O) groups excluding carboxylic acids is 1. The van der Waals surface area contributed by atoms with E-state index in [9.17, 15) is 13.2 Å². The van der Waals surface area contributed by atoms with Crippen molar-refractivity contribution in [1.82, 2.24) is 14.5 Å². The molecule has 1 aromatic rings. The molecule has 3 rings (SSSR count). The van der Waals surface area contributed by atoms with E-state index < -0.39 is 10.0 Å². The largest absolute Gasteiger partial charge is 0.337 e. The van der Waals surface area contributed by atoms with E-state index in [1.807, 2.05) is 18.9 Å². The van der Waals surface area contributed by atoms with Crippen LogP contribution in [0.5, 0.6) is 0 Å². The number of benzene rings is 1. The lowest BCUT2D eigenvalue weighted by Crippen LogP contribution is -2.47. The molecule has 27 heavy (non-hydrogen) atoms. The predicted molar refractivity (Wildman–Crippen MR) is 109 cm³/mol. The van der Waals surface area contributed by atoms with E-state index in [0.29, 0.717) is 24.7 Å². The van der Waals surface area contributed by atoms with Crippen LogP contribution in [0, 0.1) is 0 Å². The Hall–Kier alpha value is -1.15. The zero-order chi connectivity index (χ0) is 18.7. The standard InChI is InChI=1S/C19H29N3O3S.ClH/c1-15-7-3-4-12-22(15)26(24,25)18-10-5-8-16(13-18)19(23)21-11-6-9-17(14-21)20-2;/h5,8,10,13,15,17,20H,3-4,6-7,9,11-12,14H2,1-2H3;1H. The second-order valence-corrected chi connectivity index (χ2v) is 9.26. The molecule has 0 bridgehead atoms. The number of likely N-dealkylation sites (N-methyl/N-ethyl adjacent to an activating group) is 1. The number of amides is 1. The summed E-state index contributed by atoms with van der Waals surface area (Å²) in [5.41, 5.74) is 0.451. The number of nitrogens with zero attached hydrogens (tertiary/aromatic N) is 2. The van der Waals surface area contributed by atoms with Gasteiger partial charge in [-0.15, -0.1) is 12.4 Å². The summed E-state index contributed by atoms with van der Waals surface area (Å²) in [5.74, 6) is -0.0892. The van der Waals surface area contributed by atoms with Crippen LogP contribution in [0.4, 0.5) is 0 Å². The van der Waals surface area contributed by atoms with Crippen LogP contribution in [0.1, 0.15) is 49.4 Å². The van der Waals surface area contributed by atoms with Crippen molar-refractivity contribution in [2.45, 2.75) is 56.0 Å². The number of rotatable bonds is 4. The normalized spacial score (nSPS) is 24.3. The molecule has 0 aliphatic carbocycles. The number of sulfonamides is 1. The summed E-state index contributed by atoms with van der Waals surface area (Å²) in [4.78, 5) is 14.9. The van der Waals surface area contributed by atoms with Crippen molar-refractivity contribution >= 4 is 28.3 Å². The fourth-order valence-corrected chi connectivity index (χ4v) is 5.68. The van der Waals surface area contributed by atoms with Gasteiger partial charge in [0.05, 0.1) is 4.90 Å². The Kier molecular flexibility index (Phi) is 7.68. The van der Waals surface area contributed by atoms with Gasteiger partial charge in [-0.3, -0.25) is 4.79 Å². The van der Waals surface area contributed by atoms with Gasteiger partial charge in [-0.1, -0.05) is 12.5 Å². The van der Waals surface area contributed by atoms with Crippen LogP contribution in [0.2, 0.25) is 0 Å². The van der Waals surface area contributed by atoms with Crippen LogP contribution in [0.15, 0.2) is 29.2 Å². The second-order valence-electron chi connectivity index (χ2n) is 7.37. The molecule has 1 N–H and O–H groups in total. The van der Waals surface area contributed by atoms with Crippen LogP contribution < -0.4 is 5.32 Å². The van der Waals surface area contributed by atoms with Gasteiger partial charge < -0.3 is 10.2 Å². The maximum atomic E-state index is 13.0. The molecule has 0 spiro atoms. The first-order chi connectivity index (χ1) is 12.4. The summed E-state index contributed by atoms with van der Waals surface area (Å²) in [6.45, 7) is 3.89. The van der Waals surface area contributed by atoms with Gasteiger partial charge in [0.1, 0.15) is 0 Å². The molecule has 2 fully saturated rings. The van der Waals surface area contributed by atoms with E-state index in [0.717, 1.165) is 38.6 Å². The van der Waals surface area contributed by atoms with Gasteiger partial charge in [0.2, 0.25) is 10.0 Å². The number of hydrogen-bond donors (Lipinski definition) is 1. The molecule has 8 heteroatoms. The number of halogens is 1. The maximum absolute atomic E-state index is 13.0. The molecule has 6 nitrogen and oxygen atoms in total. The molecule has 1 aromatic carbocycles. The first-order valence-corrected chi connectivity index (χ1v) is 11.0. The molecule has 1 amide bonds. The Bertz CT molecular complexity index is 756. The highest BCUT2D eigenvalue weighted by atomic mass is 35.5. The van der Waals surface area contributed by atoms with Crippen LogP contribution in [0.25, 0.3) is 0 Å². The van der Waals surface area contributed by atoms with E-state index in [1.165, 1.54) is 0 Å². The van der Waals surface area contributed by atoms with Gasteiger partial charge in [-0.05, 0) is 57.9 Å². The fourth-order valence-electron chi connectivity index (χ4n) is 3.93. The van der Waals surface area contributed by atoms with E-state index in [2.05, 4.69) is 5.32 Å². The number of likely N-dealkylation sites (tertiary alicyclic amines) is 1. The highest BCUT2D eigenvalue weighted by Crippen LogP contribution is 2.26. The van der Waals surface area contributed by atoms with Crippen molar-refractivity contribution in [1.29, 1.82) is 0 Å². The van der Waals surface area contributed by atoms with E-state index in [-0.39, 0.29) is 29.3 Å². The van der Waals surface area contributed by atoms with Gasteiger partial charge >= 0.3 is 0 Å². The summed E-state index contributed by atoms with van der Waals surface area (Å²) in [7, 11) is -1.65. The first kappa shape index (κ1) is 22.1. The van der Waals surface area contributed by atoms with E-state index in [4.69, 9.17) is 0 Å². The lowest BCUT2D eigenvalue weighted by atomic mass is 10.0. The van der Waals surface area contributed by atoms with Gasteiger partial charge in [0, 0.05) is 37.3 Å². The molecule has 0 aromatic heterocycles. The third kappa shape index (κ3) is 4.83. The number of piperidine rings is 2. The van der Waals surface area contributed by atoms with Crippen molar-refractivity contribution in [3.63, 3.8) is 0 Å². The average molecular weight is 416 g/mol. The van der Waals surface area contributed by atoms with Crippen LogP contribution in [-0.2, 0) is 10.0 Å². The third-order valence-corrected chi connectivity index (χ3v) is 7.56. The van der Waals surface area contributed by atoms with Crippen LogP contribution in [-0.4, -0.2) is 62.3 Å².